The average Bonchev–Trinajstić information content (AvgIpc) is 3.04. The fourth-order valence-corrected chi connectivity index (χ4v) is 1.62. The molecule has 0 saturated heterocycles. The van der Waals surface area contributed by atoms with E-state index in [1.54, 1.807) is 10.7 Å². The molecule has 1 amide bonds. The summed E-state index contributed by atoms with van der Waals surface area (Å²) in [6.45, 7) is 0.134. The Balaban J connectivity index is 1.64. The molecule has 2 aromatic rings. The van der Waals surface area contributed by atoms with Gasteiger partial charge in [0.1, 0.15) is 6.61 Å². The summed E-state index contributed by atoms with van der Waals surface area (Å²) in [5.74, 6) is -0.110. The number of carbonyl (C=O) groups excluding carboxylic acids is 1. The van der Waals surface area contributed by atoms with E-state index in [0.29, 0.717) is 6.10 Å². The highest BCUT2D eigenvalue weighted by atomic mass is 16.5. The second kappa shape index (κ2) is 4.18. The number of aromatic nitrogens is 2. The van der Waals surface area contributed by atoms with E-state index in [1.165, 1.54) is 0 Å². The zero-order valence-electron chi connectivity index (χ0n) is 9.30. The summed E-state index contributed by atoms with van der Waals surface area (Å²) in [6, 6.07) is 5.58. The molecule has 0 atom stereocenters. The first kappa shape index (κ1) is 10.3. The van der Waals surface area contributed by atoms with Crippen molar-refractivity contribution in [3.63, 3.8) is 0 Å². The van der Waals surface area contributed by atoms with Gasteiger partial charge in [-0.25, -0.2) is 4.52 Å². The molecule has 3 rings (SSSR count). The number of hydrogen-bond donors (Lipinski definition) is 1. The largest absolute Gasteiger partial charge is 0.368 e. The van der Waals surface area contributed by atoms with Crippen LogP contribution in [0.1, 0.15) is 12.8 Å². The van der Waals surface area contributed by atoms with Crippen LogP contribution in [-0.2, 0) is 9.53 Å². The molecule has 5 heteroatoms. The number of fused-ring (bicyclic) bond motifs is 1. The number of anilines is 1. The van der Waals surface area contributed by atoms with E-state index in [1.807, 2.05) is 24.4 Å². The Morgan fingerprint density at radius 2 is 2.41 bits per heavy atom. The van der Waals surface area contributed by atoms with Gasteiger partial charge in [-0.1, -0.05) is 0 Å². The Morgan fingerprint density at radius 1 is 1.53 bits per heavy atom. The Morgan fingerprint density at radius 3 is 3.24 bits per heavy atom. The Hall–Kier alpha value is -1.88. The van der Waals surface area contributed by atoms with Crippen LogP contribution in [0.15, 0.2) is 30.6 Å². The van der Waals surface area contributed by atoms with Gasteiger partial charge in [0, 0.05) is 18.1 Å². The topological polar surface area (TPSA) is 55.6 Å². The van der Waals surface area contributed by atoms with Crippen LogP contribution >= 0.6 is 0 Å². The van der Waals surface area contributed by atoms with Gasteiger partial charge in [-0.3, -0.25) is 4.79 Å². The molecule has 1 N–H and O–H groups in total. The summed E-state index contributed by atoms with van der Waals surface area (Å²) < 4.78 is 7.08. The first-order valence-electron chi connectivity index (χ1n) is 5.66. The van der Waals surface area contributed by atoms with Crippen LogP contribution in [-0.4, -0.2) is 28.2 Å². The Bertz CT molecular complexity index is 545. The highest BCUT2D eigenvalue weighted by molar-refractivity contribution is 5.92. The molecule has 17 heavy (non-hydrogen) atoms. The van der Waals surface area contributed by atoms with E-state index >= 15 is 0 Å². The summed E-state index contributed by atoms with van der Waals surface area (Å²) in [4.78, 5) is 11.6. The monoisotopic (exact) mass is 231 g/mol. The SMILES string of the molecule is O=C(COC1CC1)Nc1ccn2nccc2c1. The molecule has 1 aliphatic carbocycles. The Labute approximate surface area is 98.4 Å². The molecular weight excluding hydrogens is 218 g/mol. The first-order valence-corrected chi connectivity index (χ1v) is 5.66. The fourth-order valence-electron chi connectivity index (χ4n) is 1.62. The lowest BCUT2D eigenvalue weighted by Crippen LogP contribution is -2.18. The highest BCUT2D eigenvalue weighted by Gasteiger charge is 2.22. The Kier molecular flexibility index (Phi) is 2.53. The average molecular weight is 231 g/mol. The maximum atomic E-state index is 11.6. The summed E-state index contributed by atoms with van der Waals surface area (Å²) >= 11 is 0. The molecule has 2 aromatic heterocycles. The third kappa shape index (κ3) is 2.45. The van der Waals surface area contributed by atoms with E-state index in [-0.39, 0.29) is 12.5 Å². The van der Waals surface area contributed by atoms with Crippen LogP contribution in [0.25, 0.3) is 5.52 Å². The second-order valence-electron chi connectivity index (χ2n) is 4.17. The van der Waals surface area contributed by atoms with Crippen molar-refractivity contribution in [2.75, 3.05) is 11.9 Å². The number of nitrogens with one attached hydrogen (secondary N) is 1. The second-order valence-corrected chi connectivity index (χ2v) is 4.17. The van der Waals surface area contributed by atoms with Gasteiger partial charge in [-0.05, 0) is 31.0 Å². The minimum absolute atomic E-state index is 0.110. The van der Waals surface area contributed by atoms with Gasteiger partial charge in [-0.2, -0.15) is 5.10 Å². The fraction of sp³-hybridized carbons (Fsp3) is 0.333. The summed E-state index contributed by atoms with van der Waals surface area (Å²) in [5.41, 5.74) is 1.72. The molecule has 0 bridgehead atoms. The van der Waals surface area contributed by atoms with E-state index in [0.717, 1.165) is 24.0 Å². The van der Waals surface area contributed by atoms with Crippen molar-refractivity contribution < 1.29 is 9.53 Å². The molecule has 5 nitrogen and oxygen atoms in total. The third-order valence-electron chi connectivity index (χ3n) is 2.66. The van der Waals surface area contributed by atoms with E-state index < -0.39 is 0 Å². The minimum atomic E-state index is -0.110. The molecule has 1 aliphatic rings. The van der Waals surface area contributed by atoms with Crippen molar-refractivity contribution in [3.05, 3.63) is 30.6 Å². The van der Waals surface area contributed by atoms with E-state index in [4.69, 9.17) is 4.74 Å². The number of pyridine rings is 1. The van der Waals surface area contributed by atoms with E-state index in [2.05, 4.69) is 10.4 Å². The molecule has 0 radical (unpaired) electrons. The van der Waals surface area contributed by atoms with Gasteiger partial charge < -0.3 is 10.1 Å². The lowest BCUT2D eigenvalue weighted by Gasteiger charge is -2.05. The van der Waals surface area contributed by atoms with Crippen LogP contribution in [0.4, 0.5) is 5.69 Å². The van der Waals surface area contributed by atoms with Gasteiger partial charge in [-0.15, -0.1) is 0 Å². The number of carbonyl (C=O) groups is 1. The van der Waals surface area contributed by atoms with Crippen molar-refractivity contribution in [1.82, 2.24) is 9.61 Å². The van der Waals surface area contributed by atoms with Crippen LogP contribution < -0.4 is 5.32 Å². The molecule has 1 saturated carbocycles. The number of nitrogens with zero attached hydrogens (tertiary/aromatic N) is 2. The zero-order chi connectivity index (χ0) is 11.7. The molecule has 88 valence electrons. The smallest absolute Gasteiger partial charge is 0.250 e. The molecule has 1 fully saturated rings. The number of amides is 1. The highest BCUT2D eigenvalue weighted by Crippen LogP contribution is 2.23. The molecule has 2 heterocycles. The van der Waals surface area contributed by atoms with Crippen LogP contribution in [0.2, 0.25) is 0 Å². The molecular formula is C12H13N3O2. The molecule has 0 aromatic carbocycles. The van der Waals surface area contributed by atoms with Gasteiger partial charge in [0.15, 0.2) is 0 Å². The van der Waals surface area contributed by atoms with E-state index in [9.17, 15) is 4.79 Å². The zero-order valence-corrected chi connectivity index (χ0v) is 9.30. The standard InChI is InChI=1S/C12H13N3O2/c16-12(8-17-11-1-2-11)14-9-4-6-15-10(7-9)3-5-13-15/h3-7,11H,1-2,8H2,(H,14,16). The predicted molar refractivity (Wildman–Crippen MR) is 62.8 cm³/mol. The van der Waals surface area contributed by atoms with Gasteiger partial charge in [0.2, 0.25) is 5.91 Å². The van der Waals surface area contributed by atoms with Crippen molar-refractivity contribution in [2.24, 2.45) is 0 Å². The first-order chi connectivity index (χ1) is 8.31. The van der Waals surface area contributed by atoms with Crippen LogP contribution in [0.5, 0.6) is 0 Å². The maximum absolute atomic E-state index is 11.6. The summed E-state index contributed by atoms with van der Waals surface area (Å²) in [6.07, 6.45) is 5.99. The lowest BCUT2D eigenvalue weighted by atomic mass is 10.3. The number of ether oxygens (including phenoxy) is 1. The maximum Gasteiger partial charge on any atom is 0.250 e. The van der Waals surface area contributed by atoms with Gasteiger partial charge >= 0.3 is 0 Å². The number of hydrogen-bond acceptors (Lipinski definition) is 3. The van der Waals surface area contributed by atoms with Crippen LogP contribution in [0, 0.1) is 0 Å². The molecule has 0 spiro atoms. The number of rotatable bonds is 4. The summed E-state index contributed by atoms with van der Waals surface area (Å²) in [5, 5.41) is 6.89. The van der Waals surface area contributed by atoms with Gasteiger partial charge in [0.05, 0.1) is 11.6 Å². The normalized spacial score (nSPS) is 15.1. The van der Waals surface area contributed by atoms with Crippen molar-refractivity contribution in [3.8, 4) is 0 Å². The quantitative estimate of drug-likeness (QED) is 0.866. The van der Waals surface area contributed by atoms with Crippen molar-refractivity contribution in [2.45, 2.75) is 18.9 Å². The molecule has 0 unspecified atom stereocenters. The third-order valence-corrected chi connectivity index (χ3v) is 2.66. The van der Waals surface area contributed by atoms with Gasteiger partial charge in [0.25, 0.3) is 0 Å². The van der Waals surface area contributed by atoms with Crippen molar-refractivity contribution in [1.29, 1.82) is 0 Å². The minimum Gasteiger partial charge on any atom is -0.368 e. The van der Waals surface area contributed by atoms with Crippen molar-refractivity contribution >= 4 is 17.1 Å². The summed E-state index contributed by atoms with van der Waals surface area (Å²) in [7, 11) is 0. The lowest BCUT2D eigenvalue weighted by molar-refractivity contribution is -0.121. The molecule has 0 aliphatic heterocycles. The predicted octanol–water partition coefficient (Wildman–Crippen LogP) is 1.45. The van der Waals surface area contributed by atoms with Crippen LogP contribution in [0.3, 0.4) is 0 Å².